The first-order valence-corrected chi connectivity index (χ1v) is 9.10. The van der Waals surface area contributed by atoms with Crippen molar-refractivity contribution in [2.75, 3.05) is 12.4 Å². The molecule has 128 valence electrons. The number of β-lactam (4-membered cyclic amide) rings is 1. The summed E-state index contributed by atoms with van der Waals surface area (Å²) in [6.45, 7) is 6.24. The van der Waals surface area contributed by atoms with E-state index in [-0.39, 0.29) is 17.4 Å². The monoisotopic (exact) mass is 340 g/mol. The zero-order valence-electron chi connectivity index (χ0n) is 13.8. The summed E-state index contributed by atoms with van der Waals surface area (Å²) in [6.07, 6.45) is 2.84. The van der Waals surface area contributed by atoms with Crippen LogP contribution >= 0.6 is 11.8 Å². The van der Waals surface area contributed by atoms with Crippen LogP contribution < -0.4 is 5.73 Å². The topological polar surface area (TPSA) is 81.9 Å². The summed E-state index contributed by atoms with van der Waals surface area (Å²) >= 11 is 1.61. The van der Waals surface area contributed by atoms with Crippen molar-refractivity contribution < 1.29 is 19.1 Å². The van der Waals surface area contributed by atoms with Crippen LogP contribution in [0.3, 0.4) is 0 Å². The number of hydrogen-bond acceptors (Lipinski definition) is 6. The molecule has 3 rings (SSSR count). The molecule has 2 fully saturated rings. The summed E-state index contributed by atoms with van der Waals surface area (Å²) in [4.78, 5) is 26.4. The predicted octanol–water partition coefficient (Wildman–Crippen LogP) is 1.39. The highest BCUT2D eigenvalue weighted by Crippen LogP contribution is 2.42. The van der Waals surface area contributed by atoms with E-state index in [1.165, 1.54) is 4.90 Å². The van der Waals surface area contributed by atoms with Gasteiger partial charge < -0.3 is 15.2 Å². The van der Waals surface area contributed by atoms with Gasteiger partial charge in [-0.1, -0.05) is 0 Å². The van der Waals surface area contributed by atoms with E-state index in [2.05, 4.69) is 0 Å². The van der Waals surface area contributed by atoms with Crippen molar-refractivity contribution in [3.05, 3.63) is 11.3 Å². The number of hydrogen-bond donors (Lipinski definition) is 1. The molecule has 3 heterocycles. The van der Waals surface area contributed by atoms with E-state index in [0.717, 1.165) is 25.0 Å². The smallest absolute Gasteiger partial charge is 0.355 e. The lowest BCUT2D eigenvalue weighted by molar-refractivity contribution is -0.158. The lowest BCUT2D eigenvalue weighted by Crippen LogP contribution is -2.68. The lowest BCUT2D eigenvalue weighted by Gasteiger charge is -2.48. The lowest BCUT2D eigenvalue weighted by atomic mass is 9.99. The van der Waals surface area contributed by atoms with E-state index in [1.807, 2.05) is 20.8 Å². The Morgan fingerprint density at radius 2 is 2.22 bits per heavy atom. The molecule has 0 aliphatic carbocycles. The third kappa shape index (κ3) is 3.27. The van der Waals surface area contributed by atoms with Gasteiger partial charge in [-0.2, -0.15) is 0 Å². The van der Waals surface area contributed by atoms with Crippen LogP contribution in [0.4, 0.5) is 0 Å². The van der Waals surface area contributed by atoms with Gasteiger partial charge in [-0.15, -0.1) is 11.8 Å². The molecular weight excluding hydrogens is 316 g/mol. The first kappa shape index (κ1) is 16.8. The Kier molecular flexibility index (Phi) is 4.46. The van der Waals surface area contributed by atoms with Crippen molar-refractivity contribution in [2.45, 2.75) is 63.2 Å². The molecule has 3 atom stereocenters. The van der Waals surface area contributed by atoms with Crippen LogP contribution in [0.5, 0.6) is 0 Å². The van der Waals surface area contributed by atoms with Crippen LogP contribution in [-0.4, -0.2) is 52.3 Å². The van der Waals surface area contributed by atoms with E-state index in [1.54, 1.807) is 11.8 Å². The molecule has 3 aliphatic rings. The summed E-state index contributed by atoms with van der Waals surface area (Å²) in [5.74, 6) is 0.0558. The van der Waals surface area contributed by atoms with Gasteiger partial charge in [-0.3, -0.25) is 9.69 Å². The molecule has 23 heavy (non-hydrogen) atoms. The quantitative estimate of drug-likeness (QED) is 0.618. The molecule has 6 nitrogen and oxygen atoms in total. The number of carbonyl (C=O) groups is 2. The van der Waals surface area contributed by atoms with Crippen molar-refractivity contribution in [1.82, 2.24) is 4.90 Å². The van der Waals surface area contributed by atoms with E-state index in [9.17, 15) is 9.59 Å². The number of fused-ring (bicyclic) bond motifs is 1. The van der Waals surface area contributed by atoms with Gasteiger partial charge in [0.1, 0.15) is 22.7 Å². The van der Waals surface area contributed by atoms with Gasteiger partial charge in [0.15, 0.2) is 0 Å². The molecule has 2 N–H and O–H groups in total. The van der Waals surface area contributed by atoms with Gasteiger partial charge in [0.2, 0.25) is 5.91 Å². The van der Waals surface area contributed by atoms with Gasteiger partial charge in [0.25, 0.3) is 0 Å². The first-order chi connectivity index (χ1) is 10.8. The minimum atomic E-state index is -0.602. The van der Waals surface area contributed by atoms with Crippen molar-refractivity contribution in [3.8, 4) is 0 Å². The Morgan fingerprint density at radius 3 is 2.83 bits per heavy atom. The molecule has 1 amide bonds. The summed E-state index contributed by atoms with van der Waals surface area (Å²) in [6, 6.07) is -0.526. The highest BCUT2D eigenvalue weighted by atomic mass is 32.2. The van der Waals surface area contributed by atoms with Gasteiger partial charge in [0, 0.05) is 12.4 Å². The third-order valence-electron chi connectivity index (χ3n) is 4.18. The predicted molar refractivity (Wildman–Crippen MR) is 87.5 cm³/mol. The highest BCUT2D eigenvalue weighted by molar-refractivity contribution is 8.00. The Hall–Kier alpha value is -1.05. The molecule has 0 aromatic heterocycles. The van der Waals surface area contributed by atoms with Gasteiger partial charge in [-0.05, 0) is 45.6 Å². The molecular formula is C16H24N2O4S. The number of thioether (sulfide) groups is 1. The maximum absolute atomic E-state index is 12.7. The van der Waals surface area contributed by atoms with Crippen molar-refractivity contribution in [1.29, 1.82) is 0 Å². The fourth-order valence-electron chi connectivity index (χ4n) is 3.13. The summed E-state index contributed by atoms with van der Waals surface area (Å²) in [7, 11) is 0. The second-order valence-corrected chi connectivity index (χ2v) is 8.33. The summed E-state index contributed by atoms with van der Waals surface area (Å²) in [5, 5.41) is -0.154. The molecule has 0 aromatic carbocycles. The van der Waals surface area contributed by atoms with Crippen molar-refractivity contribution in [3.63, 3.8) is 0 Å². The molecule has 1 unspecified atom stereocenters. The van der Waals surface area contributed by atoms with Crippen LogP contribution in [0, 0.1) is 0 Å². The Bertz CT molecular complexity index is 549. The Morgan fingerprint density at radius 1 is 1.48 bits per heavy atom. The number of nitrogens with zero attached hydrogens (tertiary/aromatic N) is 1. The number of ether oxygens (including phenoxy) is 2. The minimum Gasteiger partial charge on any atom is -0.455 e. The standard InChI is InChI=1S/C16H24N2O4S/c1-16(2,3)22-15(20)12-9(7-10-5-4-6-21-10)8-23-14-11(17)13(19)18(12)14/h10-11,14H,4-8,17H2,1-3H3/t10?,11-,14-/m1/s1. The van der Waals surface area contributed by atoms with Crippen molar-refractivity contribution in [2.24, 2.45) is 5.73 Å². The Balaban J connectivity index is 1.88. The minimum absolute atomic E-state index is 0.129. The van der Waals surface area contributed by atoms with Crippen LogP contribution in [0.25, 0.3) is 0 Å². The van der Waals surface area contributed by atoms with Crippen LogP contribution in [0.1, 0.15) is 40.0 Å². The molecule has 3 aliphatic heterocycles. The highest BCUT2D eigenvalue weighted by Gasteiger charge is 2.52. The van der Waals surface area contributed by atoms with Crippen LogP contribution in [0.15, 0.2) is 11.3 Å². The number of nitrogens with two attached hydrogens (primary N) is 1. The van der Waals surface area contributed by atoms with E-state index in [4.69, 9.17) is 15.2 Å². The average Bonchev–Trinajstić information content (AvgIpc) is 2.97. The summed E-state index contributed by atoms with van der Waals surface area (Å²) in [5.41, 5.74) is 6.59. The fraction of sp³-hybridized carbons (Fsp3) is 0.750. The second-order valence-electron chi connectivity index (χ2n) is 7.23. The number of carbonyl (C=O) groups excluding carboxylic acids is 2. The maximum atomic E-state index is 12.7. The SMILES string of the molecule is CC(C)(C)OC(=O)C1=C(CC2CCCO2)CS[C@@H]2[C@H](N)C(=O)N12. The van der Waals surface area contributed by atoms with Gasteiger partial charge in [-0.25, -0.2) is 4.79 Å². The third-order valence-corrected chi connectivity index (χ3v) is 5.54. The molecule has 0 spiro atoms. The normalized spacial score (nSPS) is 31.0. The van der Waals surface area contributed by atoms with Crippen LogP contribution in [0.2, 0.25) is 0 Å². The molecule has 0 radical (unpaired) electrons. The fourth-order valence-corrected chi connectivity index (χ4v) is 4.44. The van der Waals surface area contributed by atoms with E-state index >= 15 is 0 Å². The van der Waals surface area contributed by atoms with Gasteiger partial charge >= 0.3 is 5.97 Å². The number of amides is 1. The molecule has 0 bridgehead atoms. The Labute approximate surface area is 140 Å². The van der Waals surface area contributed by atoms with E-state index in [0.29, 0.717) is 17.9 Å². The zero-order valence-corrected chi connectivity index (χ0v) is 14.6. The number of esters is 1. The first-order valence-electron chi connectivity index (χ1n) is 8.05. The average molecular weight is 340 g/mol. The molecule has 2 saturated heterocycles. The maximum Gasteiger partial charge on any atom is 0.355 e. The molecule has 0 aromatic rings. The molecule has 0 saturated carbocycles. The summed E-state index contributed by atoms with van der Waals surface area (Å²) < 4.78 is 11.2. The van der Waals surface area contributed by atoms with Crippen LogP contribution in [-0.2, 0) is 19.1 Å². The van der Waals surface area contributed by atoms with Crippen molar-refractivity contribution >= 4 is 23.6 Å². The zero-order chi connectivity index (χ0) is 16.8. The van der Waals surface area contributed by atoms with E-state index < -0.39 is 17.6 Å². The second kappa shape index (κ2) is 6.11. The molecule has 7 heteroatoms. The largest absolute Gasteiger partial charge is 0.455 e. The number of rotatable bonds is 3. The van der Waals surface area contributed by atoms with Gasteiger partial charge in [0.05, 0.1) is 6.10 Å².